The smallest absolute Gasteiger partial charge is 0.117 e. The van der Waals surface area contributed by atoms with Gasteiger partial charge in [0.25, 0.3) is 0 Å². The van der Waals surface area contributed by atoms with Gasteiger partial charge in [-0.05, 0) is 38.1 Å². The summed E-state index contributed by atoms with van der Waals surface area (Å²) >= 11 is 0. The summed E-state index contributed by atoms with van der Waals surface area (Å²) in [6.07, 6.45) is 2.98. The number of nitrogens with one attached hydrogen (secondary N) is 1. The Labute approximate surface area is 98.8 Å². The van der Waals surface area contributed by atoms with Crippen LogP contribution >= 0.6 is 0 Å². The lowest BCUT2D eigenvalue weighted by molar-refractivity contribution is 0.293. The molecule has 0 aromatic carbocycles. The third-order valence-corrected chi connectivity index (χ3v) is 2.57. The van der Waals surface area contributed by atoms with E-state index in [1.807, 2.05) is 12.1 Å². The third-order valence-electron chi connectivity index (χ3n) is 2.57. The number of furan rings is 1. The van der Waals surface area contributed by atoms with Gasteiger partial charge >= 0.3 is 0 Å². The van der Waals surface area contributed by atoms with E-state index in [-0.39, 0.29) is 0 Å². The molecule has 92 valence electrons. The lowest BCUT2D eigenvalue weighted by Gasteiger charge is -2.15. The van der Waals surface area contributed by atoms with E-state index in [9.17, 15) is 0 Å². The molecular formula is C13H24N2O. The van der Waals surface area contributed by atoms with Crippen LogP contribution in [0.5, 0.6) is 0 Å². The standard InChI is InChI=1S/C13H24N2O/c1-12(2)6-7-14-8-9-15(3)11-13-5-4-10-16-13/h4-5,10,12,14H,6-9,11H2,1-3H3. The molecule has 0 radical (unpaired) electrons. The fourth-order valence-electron chi connectivity index (χ4n) is 1.53. The van der Waals surface area contributed by atoms with Crippen LogP contribution in [0, 0.1) is 5.92 Å². The molecule has 0 unspecified atom stereocenters. The largest absolute Gasteiger partial charge is 0.468 e. The molecule has 1 aromatic rings. The predicted octanol–water partition coefficient (Wildman–Crippen LogP) is 2.35. The highest BCUT2D eigenvalue weighted by atomic mass is 16.3. The minimum atomic E-state index is 0.786. The van der Waals surface area contributed by atoms with Crippen molar-refractivity contribution in [2.24, 2.45) is 5.92 Å². The van der Waals surface area contributed by atoms with Gasteiger partial charge in [-0.15, -0.1) is 0 Å². The molecule has 0 amide bonds. The number of nitrogens with zero attached hydrogens (tertiary/aromatic N) is 1. The van der Waals surface area contributed by atoms with Crippen LogP contribution in [-0.2, 0) is 6.54 Å². The van der Waals surface area contributed by atoms with Crippen molar-refractivity contribution in [2.45, 2.75) is 26.8 Å². The first-order valence-corrected chi connectivity index (χ1v) is 6.10. The number of rotatable bonds is 8. The van der Waals surface area contributed by atoms with Gasteiger partial charge in [0.2, 0.25) is 0 Å². The summed E-state index contributed by atoms with van der Waals surface area (Å²) < 4.78 is 5.30. The third kappa shape index (κ3) is 5.93. The first-order chi connectivity index (χ1) is 7.68. The lowest BCUT2D eigenvalue weighted by atomic mass is 10.1. The number of hydrogen-bond acceptors (Lipinski definition) is 3. The van der Waals surface area contributed by atoms with E-state index in [0.29, 0.717) is 0 Å². The second-order valence-electron chi connectivity index (χ2n) is 4.75. The summed E-state index contributed by atoms with van der Waals surface area (Å²) in [4.78, 5) is 2.27. The van der Waals surface area contributed by atoms with Gasteiger partial charge in [-0.3, -0.25) is 4.90 Å². The summed E-state index contributed by atoms with van der Waals surface area (Å²) in [6, 6.07) is 3.95. The van der Waals surface area contributed by atoms with Crippen LogP contribution in [0.2, 0.25) is 0 Å². The summed E-state index contributed by atoms with van der Waals surface area (Å²) in [5.74, 6) is 1.82. The maximum atomic E-state index is 5.30. The molecule has 0 fully saturated rings. The topological polar surface area (TPSA) is 28.4 Å². The Morgan fingerprint density at radius 3 is 2.81 bits per heavy atom. The van der Waals surface area contributed by atoms with E-state index in [2.05, 4.69) is 31.1 Å². The Kier molecular flexibility index (Phi) is 6.19. The molecule has 0 spiro atoms. The van der Waals surface area contributed by atoms with Gasteiger partial charge < -0.3 is 9.73 Å². The Hall–Kier alpha value is -0.800. The van der Waals surface area contributed by atoms with Crippen molar-refractivity contribution in [1.82, 2.24) is 10.2 Å². The van der Waals surface area contributed by atoms with Crippen LogP contribution in [0.1, 0.15) is 26.0 Å². The van der Waals surface area contributed by atoms with Crippen molar-refractivity contribution in [3.63, 3.8) is 0 Å². The van der Waals surface area contributed by atoms with Gasteiger partial charge in [0, 0.05) is 13.1 Å². The predicted molar refractivity (Wildman–Crippen MR) is 67.4 cm³/mol. The van der Waals surface area contributed by atoms with E-state index >= 15 is 0 Å². The van der Waals surface area contributed by atoms with Gasteiger partial charge in [0.1, 0.15) is 5.76 Å². The zero-order valence-corrected chi connectivity index (χ0v) is 10.7. The summed E-state index contributed by atoms with van der Waals surface area (Å²) in [5.41, 5.74) is 0. The first-order valence-electron chi connectivity index (χ1n) is 6.10. The maximum absolute atomic E-state index is 5.30. The molecule has 1 N–H and O–H groups in total. The van der Waals surface area contributed by atoms with Crippen molar-refractivity contribution in [2.75, 3.05) is 26.7 Å². The Balaban J connectivity index is 2.00. The Morgan fingerprint density at radius 2 is 2.19 bits per heavy atom. The highest BCUT2D eigenvalue weighted by molar-refractivity contribution is 4.97. The van der Waals surface area contributed by atoms with Crippen LogP contribution < -0.4 is 5.32 Å². The zero-order valence-electron chi connectivity index (χ0n) is 10.7. The van der Waals surface area contributed by atoms with E-state index in [1.165, 1.54) is 6.42 Å². The number of hydrogen-bond donors (Lipinski definition) is 1. The SMILES string of the molecule is CC(C)CCNCCN(C)Cc1ccco1. The summed E-state index contributed by atoms with van der Waals surface area (Å²) in [5, 5.41) is 3.45. The molecule has 3 nitrogen and oxygen atoms in total. The normalized spacial score (nSPS) is 11.6. The maximum Gasteiger partial charge on any atom is 0.117 e. The van der Waals surface area contributed by atoms with Gasteiger partial charge in [-0.25, -0.2) is 0 Å². The molecule has 0 saturated heterocycles. The van der Waals surface area contributed by atoms with Gasteiger partial charge in [0.15, 0.2) is 0 Å². The second-order valence-corrected chi connectivity index (χ2v) is 4.75. The molecule has 3 heteroatoms. The number of likely N-dealkylation sites (N-methyl/N-ethyl adjacent to an activating group) is 1. The fraction of sp³-hybridized carbons (Fsp3) is 0.692. The minimum Gasteiger partial charge on any atom is -0.468 e. The van der Waals surface area contributed by atoms with Crippen molar-refractivity contribution < 1.29 is 4.42 Å². The Morgan fingerprint density at radius 1 is 1.38 bits per heavy atom. The average Bonchev–Trinajstić information content (AvgIpc) is 2.69. The molecule has 1 heterocycles. The molecule has 1 aromatic heterocycles. The summed E-state index contributed by atoms with van der Waals surface area (Å²) in [7, 11) is 2.12. The van der Waals surface area contributed by atoms with Crippen LogP contribution in [0.25, 0.3) is 0 Å². The molecule has 0 atom stereocenters. The highest BCUT2D eigenvalue weighted by Gasteiger charge is 2.01. The van der Waals surface area contributed by atoms with Gasteiger partial charge in [-0.1, -0.05) is 13.8 Å². The van der Waals surface area contributed by atoms with E-state index in [4.69, 9.17) is 4.42 Å². The zero-order chi connectivity index (χ0) is 11.8. The van der Waals surface area contributed by atoms with Crippen LogP contribution in [0.4, 0.5) is 0 Å². The minimum absolute atomic E-state index is 0.786. The van der Waals surface area contributed by atoms with Gasteiger partial charge in [-0.2, -0.15) is 0 Å². The molecule has 0 bridgehead atoms. The lowest BCUT2D eigenvalue weighted by Crippen LogP contribution is -2.29. The monoisotopic (exact) mass is 224 g/mol. The van der Waals surface area contributed by atoms with Crippen molar-refractivity contribution >= 4 is 0 Å². The Bertz CT molecular complexity index is 257. The molecule has 0 aliphatic heterocycles. The highest BCUT2D eigenvalue weighted by Crippen LogP contribution is 2.02. The van der Waals surface area contributed by atoms with Crippen molar-refractivity contribution in [3.8, 4) is 0 Å². The van der Waals surface area contributed by atoms with Crippen LogP contribution in [0.15, 0.2) is 22.8 Å². The fourth-order valence-corrected chi connectivity index (χ4v) is 1.53. The molecule has 0 saturated carbocycles. The van der Waals surface area contributed by atoms with Gasteiger partial charge in [0.05, 0.1) is 12.8 Å². The van der Waals surface area contributed by atoms with Crippen molar-refractivity contribution in [3.05, 3.63) is 24.2 Å². The van der Waals surface area contributed by atoms with E-state index in [0.717, 1.165) is 37.9 Å². The molecule has 1 rings (SSSR count). The van der Waals surface area contributed by atoms with E-state index in [1.54, 1.807) is 6.26 Å². The second kappa shape index (κ2) is 7.47. The van der Waals surface area contributed by atoms with E-state index < -0.39 is 0 Å². The molecular weight excluding hydrogens is 200 g/mol. The van der Waals surface area contributed by atoms with Crippen molar-refractivity contribution in [1.29, 1.82) is 0 Å². The van der Waals surface area contributed by atoms with Crippen LogP contribution in [0.3, 0.4) is 0 Å². The molecule has 0 aliphatic carbocycles. The average molecular weight is 224 g/mol. The molecule has 16 heavy (non-hydrogen) atoms. The van der Waals surface area contributed by atoms with Crippen LogP contribution in [-0.4, -0.2) is 31.6 Å². The quantitative estimate of drug-likeness (QED) is 0.687. The first kappa shape index (κ1) is 13.3. The summed E-state index contributed by atoms with van der Waals surface area (Å²) in [6.45, 7) is 8.61. The molecule has 0 aliphatic rings.